The number of carbonyl (C=O) groups excluding carboxylic acids is 2. The number of hydrogen-bond acceptors (Lipinski definition) is 4. The molecule has 1 aromatic carbocycles. The van der Waals surface area contributed by atoms with Crippen molar-refractivity contribution in [1.82, 2.24) is 16.0 Å². The Morgan fingerprint density at radius 1 is 1.03 bits per heavy atom. The van der Waals surface area contributed by atoms with Crippen LogP contribution in [-0.4, -0.2) is 43.0 Å². The summed E-state index contributed by atoms with van der Waals surface area (Å²) in [6.07, 6.45) is 2.32. The van der Waals surface area contributed by atoms with E-state index >= 15 is 0 Å². The van der Waals surface area contributed by atoms with E-state index in [-0.39, 0.29) is 23.8 Å². The van der Waals surface area contributed by atoms with E-state index in [9.17, 15) is 9.59 Å². The molecule has 0 saturated heterocycles. The molecule has 0 aliphatic heterocycles. The van der Waals surface area contributed by atoms with Crippen LogP contribution in [-0.2, 0) is 16.0 Å². The lowest BCUT2D eigenvalue weighted by Gasteiger charge is -2.26. The van der Waals surface area contributed by atoms with Gasteiger partial charge in [-0.15, -0.1) is 0 Å². The summed E-state index contributed by atoms with van der Waals surface area (Å²) in [7, 11) is 0. The van der Waals surface area contributed by atoms with Crippen LogP contribution in [0.2, 0.25) is 0 Å². The van der Waals surface area contributed by atoms with Crippen LogP contribution in [0.25, 0.3) is 0 Å². The molecule has 0 saturated carbocycles. The minimum Gasteiger partial charge on any atom is -0.355 e. The predicted molar refractivity (Wildman–Crippen MR) is 119 cm³/mol. The molecule has 0 aromatic heterocycles. The van der Waals surface area contributed by atoms with Gasteiger partial charge in [-0.2, -0.15) is 0 Å². The van der Waals surface area contributed by atoms with Crippen molar-refractivity contribution >= 4 is 11.8 Å². The average molecular weight is 405 g/mol. The molecule has 0 spiro atoms. The zero-order valence-electron chi connectivity index (χ0n) is 18.7. The van der Waals surface area contributed by atoms with Gasteiger partial charge in [-0.3, -0.25) is 9.59 Å². The first kappa shape index (κ1) is 25.1. The third-order valence-electron chi connectivity index (χ3n) is 4.88. The summed E-state index contributed by atoms with van der Waals surface area (Å²) < 4.78 is 0. The van der Waals surface area contributed by atoms with Crippen LogP contribution >= 0.6 is 0 Å². The number of carbonyl (C=O) groups is 2. The van der Waals surface area contributed by atoms with Crippen molar-refractivity contribution in [3.05, 3.63) is 35.9 Å². The maximum atomic E-state index is 13.0. The molecule has 5 N–H and O–H groups in total. The number of nitrogens with two attached hydrogens (primary N) is 1. The second kappa shape index (κ2) is 13.3. The van der Waals surface area contributed by atoms with Crippen LogP contribution in [0.1, 0.15) is 53.0 Å². The molecule has 2 amide bonds. The van der Waals surface area contributed by atoms with E-state index in [1.54, 1.807) is 0 Å². The summed E-state index contributed by atoms with van der Waals surface area (Å²) >= 11 is 0. The Morgan fingerprint density at radius 3 is 2.24 bits per heavy atom. The third-order valence-corrected chi connectivity index (χ3v) is 4.88. The first-order chi connectivity index (χ1) is 13.7. The van der Waals surface area contributed by atoms with Gasteiger partial charge in [0.15, 0.2) is 0 Å². The van der Waals surface area contributed by atoms with E-state index in [0.29, 0.717) is 25.4 Å². The number of aryl methyl sites for hydroxylation is 1. The zero-order valence-corrected chi connectivity index (χ0v) is 18.7. The molecule has 1 aromatic rings. The normalized spacial score (nSPS) is 14.5. The third kappa shape index (κ3) is 9.90. The van der Waals surface area contributed by atoms with Gasteiger partial charge < -0.3 is 21.7 Å². The number of nitrogens with one attached hydrogen (secondary N) is 3. The molecule has 6 nitrogen and oxygen atoms in total. The van der Waals surface area contributed by atoms with Gasteiger partial charge in [0.1, 0.15) is 6.04 Å². The fraction of sp³-hybridized carbons (Fsp3) is 0.652. The second-order valence-corrected chi connectivity index (χ2v) is 8.50. The van der Waals surface area contributed by atoms with Crippen LogP contribution < -0.4 is 21.7 Å². The molecular formula is C23H40N4O2. The van der Waals surface area contributed by atoms with Crippen molar-refractivity contribution in [2.24, 2.45) is 17.6 Å². The Hall–Kier alpha value is -1.92. The highest BCUT2D eigenvalue weighted by Crippen LogP contribution is 2.09. The lowest BCUT2D eigenvalue weighted by molar-refractivity contribution is -0.131. The number of likely N-dealkylation sites (N-methyl/N-ethyl adjacent to an activating group) is 1. The van der Waals surface area contributed by atoms with Gasteiger partial charge in [0.05, 0.1) is 6.04 Å². The standard InChI is InChI=1S/C23H40N4O2/c1-6-25-23(29)21(17(4)5)27-22(28)20(26-15-19(24)14-16(2)3)13-12-18-10-8-7-9-11-18/h7-11,16-17,19-21,26H,6,12-15,24H2,1-5H3,(H,25,29)(H,27,28)/t19?,20-,21?/m0/s1. The summed E-state index contributed by atoms with van der Waals surface area (Å²) in [5.41, 5.74) is 7.39. The summed E-state index contributed by atoms with van der Waals surface area (Å²) in [4.78, 5) is 25.4. The maximum absolute atomic E-state index is 13.0. The van der Waals surface area contributed by atoms with Crippen molar-refractivity contribution in [2.45, 2.75) is 72.0 Å². The lowest BCUT2D eigenvalue weighted by Crippen LogP contribution is -2.55. The molecule has 0 heterocycles. The van der Waals surface area contributed by atoms with Crippen molar-refractivity contribution in [3.63, 3.8) is 0 Å². The molecule has 0 bridgehead atoms. The number of benzene rings is 1. The minimum atomic E-state index is -0.548. The van der Waals surface area contributed by atoms with E-state index < -0.39 is 12.1 Å². The minimum absolute atomic E-state index is 0.00321. The summed E-state index contributed by atoms with van der Waals surface area (Å²) in [5, 5.41) is 9.10. The molecule has 0 aliphatic carbocycles. The Labute approximate surface area is 176 Å². The summed E-state index contributed by atoms with van der Waals surface area (Å²) in [6.45, 7) is 11.1. The van der Waals surface area contributed by atoms with Crippen LogP contribution in [0.3, 0.4) is 0 Å². The zero-order chi connectivity index (χ0) is 21.8. The lowest BCUT2D eigenvalue weighted by atomic mass is 10.00. The summed E-state index contributed by atoms with van der Waals surface area (Å²) in [6, 6.07) is 9.15. The van der Waals surface area contributed by atoms with Crippen LogP contribution in [0.5, 0.6) is 0 Å². The van der Waals surface area contributed by atoms with E-state index in [2.05, 4.69) is 41.9 Å². The Morgan fingerprint density at radius 2 is 1.69 bits per heavy atom. The average Bonchev–Trinajstić information content (AvgIpc) is 2.66. The predicted octanol–water partition coefficient (Wildman–Crippen LogP) is 2.23. The van der Waals surface area contributed by atoms with Crippen LogP contribution in [0, 0.1) is 11.8 Å². The fourth-order valence-electron chi connectivity index (χ4n) is 3.34. The highest BCUT2D eigenvalue weighted by atomic mass is 16.2. The van der Waals surface area contributed by atoms with Gasteiger partial charge >= 0.3 is 0 Å². The molecule has 1 rings (SSSR count). The van der Waals surface area contributed by atoms with Crippen LogP contribution in [0.4, 0.5) is 0 Å². The molecule has 0 radical (unpaired) electrons. The van der Waals surface area contributed by atoms with E-state index in [4.69, 9.17) is 5.73 Å². The van der Waals surface area contributed by atoms with E-state index in [0.717, 1.165) is 12.8 Å². The molecule has 0 fully saturated rings. The van der Waals surface area contributed by atoms with E-state index in [1.165, 1.54) is 5.56 Å². The Balaban J connectivity index is 2.80. The molecule has 0 aliphatic rings. The largest absolute Gasteiger partial charge is 0.355 e. The van der Waals surface area contributed by atoms with Crippen molar-refractivity contribution in [1.29, 1.82) is 0 Å². The number of amides is 2. The highest BCUT2D eigenvalue weighted by Gasteiger charge is 2.27. The topological polar surface area (TPSA) is 96.2 Å². The smallest absolute Gasteiger partial charge is 0.242 e. The van der Waals surface area contributed by atoms with Crippen molar-refractivity contribution in [2.75, 3.05) is 13.1 Å². The van der Waals surface area contributed by atoms with Crippen LogP contribution in [0.15, 0.2) is 30.3 Å². The molecule has 29 heavy (non-hydrogen) atoms. The van der Waals surface area contributed by atoms with Gasteiger partial charge in [0.25, 0.3) is 0 Å². The first-order valence-electron chi connectivity index (χ1n) is 10.9. The highest BCUT2D eigenvalue weighted by molar-refractivity contribution is 5.89. The van der Waals surface area contributed by atoms with Gasteiger partial charge in [-0.05, 0) is 43.6 Å². The number of hydrogen-bond donors (Lipinski definition) is 4. The molecule has 2 unspecified atom stereocenters. The first-order valence-corrected chi connectivity index (χ1v) is 10.9. The SMILES string of the molecule is CCNC(=O)C(NC(=O)[C@H](CCc1ccccc1)NCC(N)CC(C)C)C(C)C. The monoisotopic (exact) mass is 404 g/mol. The van der Waals surface area contributed by atoms with Gasteiger partial charge in [-0.25, -0.2) is 0 Å². The van der Waals surface area contributed by atoms with E-state index in [1.807, 2.05) is 39.0 Å². The van der Waals surface area contributed by atoms with Gasteiger partial charge in [0.2, 0.25) is 11.8 Å². The van der Waals surface area contributed by atoms with Gasteiger partial charge in [-0.1, -0.05) is 58.0 Å². The second-order valence-electron chi connectivity index (χ2n) is 8.50. The Kier molecular flexibility index (Phi) is 11.5. The molecular weight excluding hydrogens is 364 g/mol. The maximum Gasteiger partial charge on any atom is 0.242 e. The van der Waals surface area contributed by atoms with Gasteiger partial charge in [0, 0.05) is 19.1 Å². The molecule has 6 heteroatoms. The molecule has 3 atom stereocenters. The van der Waals surface area contributed by atoms with Crippen molar-refractivity contribution < 1.29 is 9.59 Å². The quantitative estimate of drug-likeness (QED) is 0.405. The number of rotatable bonds is 13. The summed E-state index contributed by atoms with van der Waals surface area (Å²) in [5.74, 6) is 0.215. The van der Waals surface area contributed by atoms with Crippen molar-refractivity contribution in [3.8, 4) is 0 Å². The fourth-order valence-corrected chi connectivity index (χ4v) is 3.34. The Bertz CT molecular complexity index is 604. The molecule has 164 valence electrons.